The van der Waals surface area contributed by atoms with E-state index in [1.807, 2.05) is 11.3 Å². The van der Waals surface area contributed by atoms with Crippen LogP contribution < -0.4 is 5.32 Å². The van der Waals surface area contributed by atoms with Gasteiger partial charge in [-0.2, -0.15) is 0 Å². The van der Waals surface area contributed by atoms with E-state index >= 15 is 0 Å². The summed E-state index contributed by atoms with van der Waals surface area (Å²) in [6.07, 6.45) is 3.11. The van der Waals surface area contributed by atoms with Gasteiger partial charge >= 0.3 is 0 Å². The number of hydrogen-bond acceptors (Lipinski definition) is 3. The van der Waals surface area contributed by atoms with Gasteiger partial charge in [0.1, 0.15) is 0 Å². The minimum absolute atomic E-state index is 0.0409. The highest BCUT2D eigenvalue weighted by Crippen LogP contribution is 2.24. The van der Waals surface area contributed by atoms with Crippen LogP contribution in [0.5, 0.6) is 0 Å². The van der Waals surface area contributed by atoms with Gasteiger partial charge in [-0.15, -0.1) is 11.3 Å². The summed E-state index contributed by atoms with van der Waals surface area (Å²) in [4.78, 5) is 2.79. The molecule has 15 heavy (non-hydrogen) atoms. The first kappa shape index (κ1) is 11.1. The number of hydrogen-bond donors (Lipinski definition) is 2. The minimum atomic E-state index is -0.0409. The number of aliphatic hydroxyl groups excluding tert-OH is 1. The van der Waals surface area contributed by atoms with Crippen LogP contribution in [0.2, 0.25) is 0 Å². The average Bonchev–Trinajstić information content (AvgIpc) is 2.76. The molecule has 1 aliphatic rings. The molecule has 2 unspecified atom stereocenters. The minimum Gasteiger partial charge on any atom is -0.393 e. The summed E-state index contributed by atoms with van der Waals surface area (Å²) in [7, 11) is 0. The smallest absolute Gasteiger partial charge is 0.0543 e. The molecule has 2 rings (SSSR count). The SMILES string of the molecule is Cc1ccc(CNCC2CCC(O)C2)s1. The number of rotatable bonds is 4. The van der Waals surface area contributed by atoms with Gasteiger partial charge in [-0.25, -0.2) is 0 Å². The maximum atomic E-state index is 9.39. The van der Waals surface area contributed by atoms with Gasteiger partial charge in [-0.1, -0.05) is 0 Å². The highest BCUT2D eigenvalue weighted by atomic mass is 32.1. The molecule has 84 valence electrons. The van der Waals surface area contributed by atoms with Crippen LogP contribution in [-0.2, 0) is 6.54 Å². The third-order valence-electron chi connectivity index (χ3n) is 3.04. The van der Waals surface area contributed by atoms with Crippen LogP contribution in [0, 0.1) is 12.8 Å². The number of nitrogens with one attached hydrogen (secondary N) is 1. The zero-order valence-corrected chi connectivity index (χ0v) is 10.0. The van der Waals surface area contributed by atoms with Crippen LogP contribution in [0.3, 0.4) is 0 Å². The molecule has 2 nitrogen and oxygen atoms in total. The third-order valence-corrected chi connectivity index (χ3v) is 4.04. The monoisotopic (exact) mass is 225 g/mol. The first-order chi connectivity index (χ1) is 7.24. The normalized spacial score (nSPS) is 26.0. The van der Waals surface area contributed by atoms with Crippen LogP contribution in [0.1, 0.15) is 29.0 Å². The van der Waals surface area contributed by atoms with Crippen molar-refractivity contribution in [1.82, 2.24) is 5.32 Å². The highest BCUT2D eigenvalue weighted by molar-refractivity contribution is 7.11. The molecule has 0 aromatic carbocycles. The van der Waals surface area contributed by atoms with Gasteiger partial charge in [0, 0.05) is 16.3 Å². The fraction of sp³-hybridized carbons (Fsp3) is 0.667. The van der Waals surface area contributed by atoms with E-state index < -0.39 is 0 Å². The van der Waals surface area contributed by atoms with E-state index in [1.165, 1.54) is 16.2 Å². The summed E-state index contributed by atoms with van der Waals surface area (Å²) >= 11 is 1.86. The second kappa shape index (κ2) is 5.10. The second-order valence-electron chi connectivity index (χ2n) is 4.48. The molecular formula is C12H19NOS. The first-order valence-electron chi connectivity index (χ1n) is 5.68. The Hall–Kier alpha value is -0.380. The van der Waals surface area contributed by atoms with E-state index in [0.29, 0.717) is 5.92 Å². The Morgan fingerprint density at radius 2 is 2.33 bits per heavy atom. The zero-order chi connectivity index (χ0) is 10.7. The van der Waals surface area contributed by atoms with Gasteiger partial charge in [0.05, 0.1) is 6.10 Å². The maximum absolute atomic E-state index is 9.39. The van der Waals surface area contributed by atoms with E-state index in [0.717, 1.165) is 25.9 Å². The lowest BCUT2D eigenvalue weighted by atomic mass is 10.1. The van der Waals surface area contributed by atoms with Gasteiger partial charge in [0.15, 0.2) is 0 Å². The molecule has 3 heteroatoms. The van der Waals surface area contributed by atoms with Crippen molar-refractivity contribution in [3.05, 3.63) is 21.9 Å². The standard InChI is InChI=1S/C12H19NOS/c1-9-2-5-12(15-9)8-13-7-10-3-4-11(14)6-10/h2,5,10-11,13-14H,3-4,6-8H2,1H3. The molecule has 1 heterocycles. The summed E-state index contributed by atoms with van der Waals surface area (Å²) in [5.41, 5.74) is 0. The van der Waals surface area contributed by atoms with E-state index in [9.17, 15) is 5.11 Å². The summed E-state index contributed by atoms with van der Waals surface area (Å²) in [6.45, 7) is 4.17. The Balaban J connectivity index is 1.67. The first-order valence-corrected chi connectivity index (χ1v) is 6.50. The van der Waals surface area contributed by atoms with Crippen molar-refractivity contribution in [2.75, 3.05) is 6.54 Å². The van der Waals surface area contributed by atoms with Gasteiger partial charge in [0.25, 0.3) is 0 Å². The molecule has 1 aromatic heterocycles. The van der Waals surface area contributed by atoms with Crippen LogP contribution in [-0.4, -0.2) is 17.8 Å². The Morgan fingerprint density at radius 3 is 2.93 bits per heavy atom. The van der Waals surface area contributed by atoms with E-state index in [4.69, 9.17) is 0 Å². The third kappa shape index (κ3) is 3.30. The van der Waals surface area contributed by atoms with Crippen molar-refractivity contribution in [3.8, 4) is 0 Å². The van der Waals surface area contributed by atoms with Crippen LogP contribution in [0.25, 0.3) is 0 Å². The Bertz CT molecular complexity index is 310. The average molecular weight is 225 g/mol. The Labute approximate surface area is 95.3 Å². The summed E-state index contributed by atoms with van der Waals surface area (Å²) in [5.74, 6) is 0.682. The molecule has 0 bridgehead atoms. The van der Waals surface area contributed by atoms with Gasteiger partial charge < -0.3 is 10.4 Å². The Kier molecular flexibility index (Phi) is 3.78. The predicted octanol–water partition coefficient (Wildman–Crippen LogP) is 2.31. The highest BCUT2D eigenvalue weighted by Gasteiger charge is 2.21. The summed E-state index contributed by atoms with van der Waals surface area (Å²) < 4.78 is 0. The molecule has 0 amide bonds. The molecule has 1 saturated carbocycles. The molecule has 1 aromatic rings. The molecule has 0 spiro atoms. The van der Waals surface area contributed by atoms with Crippen LogP contribution in [0.15, 0.2) is 12.1 Å². The van der Waals surface area contributed by atoms with Crippen molar-refractivity contribution in [2.24, 2.45) is 5.92 Å². The van der Waals surface area contributed by atoms with Crippen molar-refractivity contribution in [1.29, 1.82) is 0 Å². The maximum Gasteiger partial charge on any atom is 0.0543 e. The number of thiophene rings is 1. The predicted molar refractivity (Wildman–Crippen MR) is 64.1 cm³/mol. The molecule has 2 atom stereocenters. The fourth-order valence-electron chi connectivity index (χ4n) is 2.21. The van der Waals surface area contributed by atoms with Crippen LogP contribution in [0.4, 0.5) is 0 Å². The van der Waals surface area contributed by atoms with Crippen molar-refractivity contribution in [3.63, 3.8) is 0 Å². The number of aliphatic hydroxyl groups is 1. The molecule has 1 fully saturated rings. The molecular weight excluding hydrogens is 206 g/mol. The lowest BCUT2D eigenvalue weighted by molar-refractivity contribution is 0.177. The van der Waals surface area contributed by atoms with E-state index in [1.54, 1.807) is 0 Å². The quantitative estimate of drug-likeness (QED) is 0.824. The topological polar surface area (TPSA) is 32.3 Å². The number of aryl methyl sites for hydroxylation is 1. The van der Waals surface area contributed by atoms with Crippen molar-refractivity contribution >= 4 is 11.3 Å². The van der Waals surface area contributed by atoms with Crippen molar-refractivity contribution < 1.29 is 5.11 Å². The Morgan fingerprint density at radius 1 is 1.47 bits per heavy atom. The lowest BCUT2D eigenvalue weighted by Gasteiger charge is -2.09. The van der Waals surface area contributed by atoms with Gasteiger partial charge in [-0.3, -0.25) is 0 Å². The fourth-order valence-corrected chi connectivity index (χ4v) is 3.07. The van der Waals surface area contributed by atoms with E-state index in [2.05, 4.69) is 24.4 Å². The second-order valence-corrected chi connectivity index (χ2v) is 5.85. The van der Waals surface area contributed by atoms with Gasteiger partial charge in [-0.05, 0) is 50.8 Å². The summed E-state index contributed by atoms with van der Waals surface area (Å²) in [6, 6.07) is 4.36. The van der Waals surface area contributed by atoms with Gasteiger partial charge in [0.2, 0.25) is 0 Å². The van der Waals surface area contributed by atoms with Crippen molar-refractivity contribution in [2.45, 2.75) is 38.8 Å². The molecule has 0 aliphatic heterocycles. The zero-order valence-electron chi connectivity index (χ0n) is 9.20. The summed E-state index contributed by atoms with van der Waals surface area (Å²) in [5, 5.41) is 12.9. The molecule has 0 radical (unpaired) electrons. The lowest BCUT2D eigenvalue weighted by Crippen LogP contribution is -2.20. The molecule has 1 aliphatic carbocycles. The largest absolute Gasteiger partial charge is 0.393 e. The molecule has 2 N–H and O–H groups in total. The van der Waals surface area contributed by atoms with Crippen LogP contribution >= 0.6 is 11.3 Å². The molecule has 0 saturated heterocycles. The van der Waals surface area contributed by atoms with E-state index in [-0.39, 0.29) is 6.10 Å².